The van der Waals surface area contributed by atoms with Gasteiger partial charge in [-0.15, -0.1) is 0 Å². The maximum absolute atomic E-state index is 12.6. The number of nitrogens with one attached hydrogen (secondary N) is 3. The van der Waals surface area contributed by atoms with E-state index >= 15 is 0 Å². The highest BCUT2D eigenvalue weighted by molar-refractivity contribution is 5.93. The molecule has 3 rings (SSSR count). The number of carbonyl (C=O) groups is 1. The molecule has 2 aromatic rings. The largest absolute Gasteiger partial charge is 0.449 e. The molecular formula is C15H17F3N4O. The summed E-state index contributed by atoms with van der Waals surface area (Å²) < 4.78 is 37.9. The number of benzene rings is 1. The molecule has 124 valence electrons. The van der Waals surface area contributed by atoms with Crippen molar-refractivity contribution in [3.8, 4) is 0 Å². The minimum atomic E-state index is -4.52. The van der Waals surface area contributed by atoms with E-state index in [1.165, 1.54) is 12.1 Å². The number of aromatic nitrogens is 2. The minimum absolute atomic E-state index is 0.131. The number of halogens is 3. The third-order valence-electron chi connectivity index (χ3n) is 3.91. The maximum atomic E-state index is 12.6. The molecule has 1 fully saturated rings. The molecule has 1 aromatic heterocycles. The molecule has 1 aromatic carbocycles. The van der Waals surface area contributed by atoms with Crippen molar-refractivity contribution in [3.05, 3.63) is 24.0 Å². The topological polar surface area (TPSA) is 69.8 Å². The summed E-state index contributed by atoms with van der Waals surface area (Å²) in [6.45, 7) is 1.80. The van der Waals surface area contributed by atoms with Crippen molar-refractivity contribution in [2.75, 3.05) is 18.4 Å². The number of nitrogens with zero attached hydrogens (tertiary/aromatic N) is 1. The molecule has 5 nitrogen and oxygen atoms in total. The fraction of sp³-hybridized carbons (Fsp3) is 0.467. The van der Waals surface area contributed by atoms with E-state index in [0.717, 1.165) is 25.9 Å². The number of piperidine rings is 1. The lowest BCUT2D eigenvalue weighted by molar-refractivity contribution is -0.144. The summed E-state index contributed by atoms with van der Waals surface area (Å²) in [5.74, 6) is -0.866. The van der Waals surface area contributed by atoms with E-state index in [2.05, 4.69) is 20.6 Å². The fourth-order valence-corrected chi connectivity index (χ4v) is 2.79. The van der Waals surface area contributed by atoms with Gasteiger partial charge in [-0.25, -0.2) is 4.98 Å². The summed E-state index contributed by atoms with van der Waals surface area (Å²) in [4.78, 5) is 17.8. The molecule has 0 radical (unpaired) electrons. The van der Waals surface area contributed by atoms with Crippen LogP contribution in [0.5, 0.6) is 0 Å². The molecule has 1 aliphatic heterocycles. The normalized spacial score (nSPS) is 19.0. The zero-order valence-electron chi connectivity index (χ0n) is 12.3. The van der Waals surface area contributed by atoms with Crippen LogP contribution in [-0.2, 0) is 11.0 Å². The average Bonchev–Trinajstić information content (AvgIpc) is 2.91. The molecule has 1 unspecified atom stereocenters. The van der Waals surface area contributed by atoms with Crippen LogP contribution in [0.15, 0.2) is 18.2 Å². The van der Waals surface area contributed by atoms with Gasteiger partial charge in [0.25, 0.3) is 0 Å². The van der Waals surface area contributed by atoms with Crippen molar-refractivity contribution in [2.45, 2.75) is 25.4 Å². The smallest absolute Gasteiger partial charge is 0.334 e. The molecule has 1 saturated heterocycles. The van der Waals surface area contributed by atoms with Crippen LogP contribution in [0.4, 0.5) is 18.9 Å². The number of H-pyrrole nitrogens is 1. The Balaban J connectivity index is 1.69. The molecule has 0 aliphatic carbocycles. The highest BCUT2D eigenvalue weighted by Gasteiger charge is 2.34. The van der Waals surface area contributed by atoms with Gasteiger partial charge in [-0.3, -0.25) is 4.79 Å². The van der Waals surface area contributed by atoms with Gasteiger partial charge in [0.2, 0.25) is 11.7 Å². The van der Waals surface area contributed by atoms with Gasteiger partial charge in [0, 0.05) is 12.1 Å². The van der Waals surface area contributed by atoms with Crippen molar-refractivity contribution in [1.29, 1.82) is 0 Å². The van der Waals surface area contributed by atoms with Crippen LogP contribution in [0.2, 0.25) is 0 Å². The second kappa shape index (κ2) is 6.19. The van der Waals surface area contributed by atoms with Crippen LogP contribution in [-0.4, -0.2) is 29.0 Å². The van der Waals surface area contributed by atoms with E-state index in [1.807, 2.05) is 0 Å². The van der Waals surface area contributed by atoms with Gasteiger partial charge >= 0.3 is 6.18 Å². The number of aromatic amines is 1. The summed E-state index contributed by atoms with van der Waals surface area (Å²) in [6.07, 6.45) is -2.05. The van der Waals surface area contributed by atoms with Crippen LogP contribution in [0, 0.1) is 5.92 Å². The van der Waals surface area contributed by atoms with Gasteiger partial charge in [0.15, 0.2) is 0 Å². The van der Waals surface area contributed by atoms with Gasteiger partial charge in [-0.2, -0.15) is 13.2 Å². The van der Waals surface area contributed by atoms with Crippen molar-refractivity contribution in [1.82, 2.24) is 15.3 Å². The Bertz CT molecular complexity index is 704. The van der Waals surface area contributed by atoms with Crippen LogP contribution in [0.1, 0.15) is 25.1 Å². The number of hydrogen-bond acceptors (Lipinski definition) is 3. The Hall–Kier alpha value is -2.09. The first-order chi connectivity index (χ1) is 10.9. The van der Waals surface area contributed by atoms with E-state index < -0.39 is 12.0 Å². The highest BCUT2D eigenvalue weighted by Crippen LogP contribution is 2.29. The van der Waals surface area contributed by atoms with Crippen LogP contribution >= 0.6 is 0 Å². The average molecular weight is 326 g/mol. The summed E-state index contributed by atoms with van der Waals surface area (Å²) in [5, 5.41) is 5.98. The highest BCUT2D eigenvalue weighted by atomic mass is 19.4. The number of alkyl halides is 3. The summed E-state index contributed by atoms with van der Waals surface area (Å²) in [6, 6.07) is 4.48. The lowest BCUT2D eigenvalue weighted by Crippen LogP contribution is -2.32. The first-order valence-corrected chi connectivity index (χ1v) is 7.49. The zero-order chi connectivity index (χ0) is 16.4. The van der Waals surface area contributed by atoms with E-state index in [4.69, 9.17) is 0 Å². The van der Waals surface area contributed by atoms with Crippen LogP contribution < -0.4 is 10.6 Å². The second-order valence-corrected chi connectivity index (χ2v) is 5.78. The van der Waals surface area contributed by atoms with Crippen molar-refractivity contribution in [3.63, 3.8) is 0 Å². The van der Waals surface area contributed by atoms with Gasteiger partial charge in [-0.05, 0) is 50.0 Å². The number of anilines is 1. The first kappa shape index (κ1) is 15.8. The van der Waals surface area contributed by atoms with E-state index in [1.54, 1.807) is 6.07 Å². The van der Waals surface area contributed by atoms with Crippen molar-refractivity contribution in [2.24, 2.45) is 5.92 Å². The van der Waals surface area contributed by atoms with E-state index in [0.29, 0.717) is 18.0 Å². The molecule has 1 atom stereocenters. The minimum Gasteiger partial charge on any atom is -0.334 e. The molecule has 0 spiro atoms. The fourth-order valence-electron chi connectivity index (χ4n) is 2.79. The monoisotopic (exact) mass is 326 g/mol. The number of rotatable bonds is 3. The van der Waals surface area contributed by atoms with Crippen LogP contribution in [0.25, 0.3) is 11.0 Å². The van der Waals surface area contributed by atoms with Gasteiger partial charge in [0.05, 0.1) is 11.0 Å². The maximum Gasteiger partial charge on any atom is 0.449 e. The predicted molar refractivity (Wildman–Crippen MR) is 79.9 cm³/mol. The molecule has 0 bridgehead atoms. The standard InChI is InChI=1S/C15H17F3N4O/c16-15(17,18)14-21-11-4-3-10(7-12(11)22-14)20-13(23)6-9-2-1-5-19-8-9/h3-4,7,9,19H,1-2,5-6,8H2,(H,20,23)(H,21,22). The van der Waals surface area contributed by atoms with Crippen molar-refractivity contribution >= 4 is 22.6 Å². The summed E-state index contributed by atoms with van der Waals surface area (Å²) >= 11 is 0. The first-order valence-electron chi connectivity index (χ1n) is 7.49. The molecule has 1 amide bonds. The third-order valence-corrected chi connectivity index (χ3v) is 3.91. The third kappa shape index (κ3) is 3.82. The Morgan fingerprint density at radius 1 is 1.39 bits per heavy atom. The van der Waals surface area contributed by atoms with Crippen molar-refractivity contribution < 1.29 is 18.0 Å². The van der Waals surface area contributed by atoms with Crippen LogP contribution in [0.3, 0.4) is 0 Å². The predicted octanol–water partition coefficient (Wildman–Crippen LogP) is 2.91. The number of hydrogen-bond donors (Lipinski definition) is 3. The Morgan fingerprint density at radius 3 is 2.91 bits per heavy atom. The van der Waals surface area contributed by atoms with E-state index in [9.17, 15) is 18.0 Å². The molecular weight excluding hydrogens is 309 g/mol. The second-order valence-electron chi connectivity index (χ2n) is 5.78. The lowest BCUT2D eigenvalue weighted by Gasteiger charge is -2.22. The molecule has 0 saturated carbocycles. The lowest BCUT2D eigenvalue weighted by atomic mass is 9.96. The zero-order valence-corrected chi connectivity index (χ0v) is 12.3. The number of imidazole rings is 1. The van der Waals surface area contributed by atoms with Gasteiger partial charge in [-0.1, -0.05) is 0 Å². The Labute approximate surface area is 130 Å². The summed E-state index contributed by atoms with van der Waals surface area (Å²) in [7, 11) is 0. The summed E-state index contributed by atoms with van der Waals surface area (Å²) in [5.41, 5.74) is 0.921. The molecule has 8 heteroatoms. The molecule has 3 N–H and O–H groups in total. The Kier molecular flexibility index (Phi) is 4.25. The number of amides is 1. The van der Waals surface area contributed by atoms with E-state index in [-0.39, 0.29) is 16.9 Å². The Morgan fingerprint density at radius 2 is 2.22 bits per heavy atom. The number of carbonyl (C=O) groups excluding carboxylic acids is 1. The quantitative estimate of drug-likeness (QED) is 0.812. The van der Waals surface area contributed by atoms with Gasteiger partial charge < -0.3 is 15.6 Å². The van der Waals surface area contributed by atoms with Gasteiger partial charge in [0.1, 0.15) is 0 Å². The number of fused-ring (bicyclic) bond motifs is 1. The molecule has 2 heterocycles. The molecule has 1 aliphatic rings. The SMILES string of the molecule is O=C(CC1CCCNC1)Nc1ccc2nc(C(F)(F)F)[nH]c2c1. The molecule has 23 heavy (non-hydrogen) atoms.